The number of hydrogen-bond acceptors (Lipinski definition) is 2. The van der Waals surface area contributed by atoms with Crippen LogP contribution in [0.3, 0.4) is 0 Å². The van der Waals surface area contributed by atoms with Crippen molar-refractivity contribution in [1.82, 2.24) is 4.90 Å². The van der Waals surface area contributed by atoms with E-state index in [4.69, 9.17) is 5.73 Å². The zero-order valence-corrected chi connectivity index (χ0v) is 10.4. The van der Waals surface area contributed by atoms with Gasteiger partial charge in [-0.2, -0.15) is 0 Å². The fourth-order valence-corrected chi connectivity index (χ4v) is 2.66. The first-order chi connectivity index (χ1) is 7.74. The fourth-order valence-electron chi connectivity index (χ4n) is 2.66. The minimum atomic E-state index is 0.419. The summed E-state index contributed by atoms with van der Waals surface area (Å²) in [6.07, 6.45) is 2.64. The van der Waals surface area contributed by atoms with E-state index in [1.54, 1.807) is 0 Å². The van der Waals surface area contributed by atoms with Crippen LogP contribution in [0.5, 0.6) is 0 Å². The lowest BCUT2D eigenvalue weighted by Crippen LogP contribution is -2.32. The van der Waals surface area contributed by atoms with Crippen molar-refractivity contribution in [3.63, 3.8) is 0 Å². The van der Waals surface area contributed by atoms with Gasteiger partial charge in [0.1, 0.15) is 0 Å². The first-order valence-corrected chi connectivity index (χ1v) is 6.24. The quantitative estimate of drug-likeness (QED) is 0.844. The van der Waals surface area contributed by atoms with Crippen molar-refractivity contribution in [2.24, 2.45) is 5.73 Å². The molecule has 1 aliphatic heterocycles. The number of benzene rings is 1. The van der Waals surface area contributed by atoms with Crippen molar-refractivity contribution >= 4 is 0 Å². The van der Waals surface area contributed by atoms with E-state index in [-0.39, 0.29) is 0 Å². The summed E-state index contributed by atoms with van der Waals surface area (Å²) in [5.74, 6) is 0. The number of likely N-dealkylation sites (tertiary alicyclic amines) is 1. The van der Waals surface area contributed by atoms with Crippen molar-refractivity contribution in [1.29, 1.82) is 0 Å². The van der Waals surface area contributed by atoms with Gasteiger partial charge in [0.2, 0.25) is 0 Å². The van der Waals surface area contributed by atoms with Crippen LogP contribution in [0, 0.1) is 13.8 Å². The largest absolute Gasteiger partial charge is 0.329 e. The highest BCUT2D eigenvalue weighted by Crippen LogP contribution is 2.27. The molecule has 1 fully saturated rings. The molecular formula is C14H22N2. The Bertz CT molecular complexity index is 354. The lowest BCUT2D eigenvalue weighted by Gasteiger charge is -2.28. The van der Waals surface area contributed by atoms with Gasteiger partial charge in [0.25, 0.3) is 0 Å². The van der Waals surface area contributed by atoms with E-state index >= 15 is 0 Å². The molecule has 1 atom stereocenters. The third-order valence-electron chi connectivity index (χ3n) is 3.81. The minimum Gasteiger partial charge on any atom is -0.329 e. The Balaban J connectivity index is 2.28. The van der Waals surface area contributed by atoms with Crippen LogP contribution in [0.1, 0.15) is 35.6 Å². The Labute approximate surface area is 98.4 Å². The maximum absolute atomic E-state index is 5.96. The smallest absolute Gasteiger partial charge is 0.0473 e. The summed E-state index contributed by atoms with van der Waals surface area (Å²) in [4.78, 5) is 2.53. The maximum Gasteiger partial charge on any atom is 0.0473 e. The SMILES string of the molecule is Cc1cccc(C(CN)N2CCCC2)c1C. The molecule has 0 aromatic heterocycles. The Morgan fingerprint density at radius 3 is 2.56 bits per heavy atom. The van der Waals surface area contributed by atoms with Crippen molar-refractivity contribution in [2.45, 2.75) is 32.7 Å². The molecule has 0 saturated carbocycles. The molecule has 88 valence electrons. The van der Waals surface area contributed by atoms with Crippen LogP contribution in [0.25, 0.3) is 0 Å². The summed E-state index contributed by atoms with van der Waals surface area (Å²) >= 11 is 0. The third kappa shape index (κ3) is 2.13. The highest BCUT2D eigenvalue weighted by molar-refractivity contribution is 5.35. The number of nitrogens with zero attached hydrogens (tertiary/aromatic N) is 1. The topological polar surface area (TPSA) is 29.3 Å². The number of nitrogens with two attached hydrogens (primary N) is 1. The summed E-state index contributed by atoms with van der Waals surface area (Å²) in [6.45, 7) is 7.52. The molecule has 0 radical (unpaired) electrons. The molecule has 0 aliphatic carbocycles. The normalized spacial score (nSPS) is 18.9. The molecule has 2 nitrogen and oxygen atoms in total. The lowest BCUT2D eigenvalue weighted by molar-refractivity contribution is 0.250. The first-order valence-electron chi connectivity index (χ1n) is 6.24. The molecule has 1 aromatic rings. The van der Waals surface area contributed by atoms with E-state index in [0.717, 1.165) is 6.54 Å². The molecule has 1 saturated heterocycles. The van der Waals surface area contributed by atoms with Crippen LogP contribution in [0.15, 0.2) is 18.2 Å². The Kier molecular flexibility index (Phi) is 3.62. The van der Waals surface area contributed by atoms with Gasteiger partial charge in [-0.25, -0.2) is 0 Å². The van der Waals surface area contributed by atoms with Gasteiger partial charge >= 0.3 is 0 Å². The Hall–Kier alpha value is -0.860. The molecule has 0 amide bonds. The lowest BCUT2D eigenvalue weighted by atomic mass is 9.96. The highest BCUT2D eigenvalue weighted by Gasteiger charge is 2.23. The van der Waals surface area contributed by atoms with Gasteiger partial charge in [-0.05, 0) is 56.5 Å². The maximum atomic E-state index is 5.96. The van der Waals surface area contributed by atoms with Crippen LogP contribution >= 0.6 is 0 Å². The molecule has 1 heterocycles. The van der Waals surface area contributed by atoms with Gasteiger partial charge < -0.3 is 5.73 Å². The van der Waals surface area contributed by atoms with E-state index in [0.29, 0.717) is 6.04 Å². The standard InChI is InChI=1S/C14H22N2/c1-11-6-5-7-13(12(11)2)14(10-15)16-8-3-4-9-16/h5-7,14H,3-4,8-10,15H2,1-2H3. The molecule has 2 N–H and O–H groups in total. The molecule has 1 unspecified atom stereocenters. The van der Waals surface area contributed by atoms with E-state index in [1.165, 1.54) is 42.6 Å². The van der Waals surface area contributed by atoms with Crippen LogP contribution in [-0.2, 0) is 0 Å². The zero-order chi connectivity index (χ0) is 11.5. The van der Waals surface area contributed by atoms with E-state index in [2.05, 4.69) is 36.9 Å². The highest BCUT2D eigenvalue weighted by atomic mass is 15.2. The van der Waals surface area contributed by atoms with Crippen LogP contribution in [-0.4, -0.2) is 24.5 Å². The van der Waals surface area contributed by atoms with E-state index in [9.17, 15) is 0 Å². The predicted molar refractivity (Wildman–Crippen MR) is 68.5 cm³/mol. The van der Waals surface area contributed by atoms with Gasteiger partial charge in [-0.3, -0.25) is 4.90 Å². The van der Waals surface area contributed by atoms with Crippen LogP contribution in [0.2, 0.25) is 0 Å². The molecule has 16 heavy (non-hydrogen) atoms. The average Bonchev–Trinajstić information content (AvgIpc) is 2.79. The van der Waals surface area contributed by atoms with Gasteiger partial charge in [0, 0.05) is 12.6 Å². The Morgan fingerprint density at radius 2 is 1.94 bits per heavy atom. The summed E-state index contributed by atoms with van der Waals surface area (Å²) in [5.41, 5.74) is 10.2. The van der Waals surface area contributed by atoms with E-state index in [1.807, 2.05) is 0 Å². The third-order valence-corrected chi connectivity index (χ3v) is 3.81. The number of hydrogen-bond donors (Lipinski definition) is 1. The summed E-state index contributed by atoms with van der Waals surface area (Å²) in [6, 6.07) is 6.98. The second kappa shape index (κ2) is 4.98. The monoisotopic (exact) mass is 218 g/mol. The first kappa shape index (κ1) is 11.6. The van der Waals surface area contributed by atoms with Crippen molar-refractivity contribution < 1.29 is 0 Å². The summed E-state index contributed by atoms with van der Waals surface area (Å²) in [7, 11) is 0. The van der Waals surface area contributed by atoms with Crippen LogP contribution < -0.4 is 5.73 Å². The molecule has 0 bridgehead atoms. The van der Waals surface area contributed by atoms with Gasteiger partial charge in [-0.1, -0.05) is 18.2 Å². The summed E-state index contributed by atoms with van der Waals surface area (Å²) < 4.78 is 0. The van der Waals surface area contributed by atoms with Gasteiger partial charge in [0.15, 0.2) is 0 Å². The van der Waals surface area contributed by atoms with Crippen molar-refractivity contribution in [3.05, 3.63) is 34.9 Å². The number of aryl methyl sites for hydroxylation is 1. The van der Waals surface area contributed by atoms with Crippen LogP contribution in [0.4, 0.5) is 0 Å². The molecule has 0 spiro atoms. The second-order valence-corrected chi connectivity index (χ2v) is 4.78. The van der Waals surface area contributed by atoms with Crippen molar-refractivity contribution in [3.8, 4) is 0 Å². The molecule has 1 aromatic carbocycles. The molecular weight excluding hydrogens is 196 g/mol. The number of rotatable bonds is 3. The second-order valence-electron chi connectivity index (χ2n) is 4.78. The molecule has 2 heteroatoms. The predicted octanol–water partition coefficient (Wildman–Crippen LogP) is 2.40. The summed E-state index contributed by atoms with van der Waals surface area (Å²) in [5, 5.41) is 0. The fraction of sp³-hybridized carbons (Fsp3) is 0.571. The molecule has 2 rings (SSSR count). The molecule has 1 aliphatic rings. The van der Waals surface area contributed by atoms with Gasteiger partial charge in [-0.15, -0.1) is 0 Å². The van der Waals surface area contributed by atoms with Gasteiger partial charge in [0.05, 0.1) is 0 Å². The zero-order valence-electron chi connectivity index (χ0n) is 10.4. The van der Waals surface area contributed by atoms with Crippen molar-refractivity contribution in [2.75, 3.05) is 19.6 Å². The van der Waals surface area contributed by atoms with E-state index < -0.39 is 0 Å². The average molecular weight is 218 g/mol. The Morgan fingerprint density at radius 1 is 1.25 bits per heavy atom. The minimum absolute atomic E-state index is 0.419.